The Kier molecular flexibility index (Phi) is 7.38. The number of hydrogen-bond acceptors (Lipinski definition) is 4. The Morgan fingerprint density at radius 2 is 2.05 bits per heavy atom. The van der Waals surface area contributed by atoms with Gasteiger partial charge in [-0.05, 0) is 25.5 Å². The second-order valence-corrected chi connectivity index (χ2v) is 4.56. The molecule has 1 aromatic rings. The Morgan fingerprint density at radius 3 is 2.60 bits per heavy atom. The van der Waals surface area contributed by atoms with E-state index >= 15 is 0 Å². The van der Waals surface area contributed by atoms with Gasteiger partial charge in [0.25, 0.3) is 0 Å². The van der Waals surface area contributed by atoms with Crippen molar-refractivity contribution < 1.29 is 9.53 Å². The fourth-order valence-corrected chi connectivity index (χ4v) is 2.22. The molecule has 1 atom stereocenters. The van der Waals surface area contributed by atoms with Gasteiger partial charge in [0.15, 0.2) is 0 Å². The van der Waals surface area contributed by atoms with Crippen molar-refractivity contribution in [2.24, 2.45) is 0 Å². The number of carbonyl (C=O) groups excluding carboxylic acids is 1. The van der Waals surface area contributed by atoms with Crippen LogP contribution in [-0.4, -0.2) is 30.6 Å². The van der Waals surface area contributed by atoms with E-state index < -0.39 is 0 Å². The summed E-state index contributed by atoms with van der Waals surface area (Å²) in [5.74, 6) is -0.236. The fraction of sp³-hybridized carbons (Fsp3) is 0.500. The number of nitriles is 1. The minimum absolute atomic E-state index is 0.0643. The van der Waals surface area contributed by atoms with Gasteiger partial charge in [-0.1, -0.05) is 37.3 Å². The Labute approximate surface area is 121 Å². The first-order valence-corrected chi connectivity index (χ1v) is 7.04. The third kappa shape index (κ3) is 5.02. The van der Waals surface area contributed by atoms with Crippen molar-refractivity contribution in [3.05, 3.63) is 35.9 Å². The molecule has 0 spiro atoms. The van der Waals surface area contributed by atoms with E-state index in [4.69, 9.17) is 10.00 Å². The summed E-state index contributed by atoms with van der Waals surface area (Å²) in [7, 11) is 0. The highest BCUT2D eigenvalue weighted by Crippen LogP contribution is 2.24. The number of nitrogens with zero attached hydrogens (tertiary/aromatic N) is 2. The van der Waals surface area contributed by atoms with E-state index in [9.17, 15) is 4.79 Å². The van der Waals surface area contributed by atoms with E-state index in [1.807, 2.05) is 35.2 Å². The van der Waals surface area contributed by atoms with Crippen LogP contribution in [0.3, 0.4) is 0 Å². The van der Waals surface area contributed by atoms with Crippen molar-refractivity contribution in [3.8, 4) is 6.07 Å². The molecule has 108 valence electrons. The van der Waals surface area contributed by atoms with E-state index in [1.54, 1.807) is 6.92 Å². The zero-order valence-corrected chi connectivity index (χ0v) is 12.2. The summed E-state index contributed by atoms with van der Waals surface area (Å²) in [6, 6.07) is 12.0. The van der Waals surface area contributed by atoms with Crippen molar-refractivity contribution in [3.63, 3.8) is 0 Å². The average molecular weight is 274 g/mol. The molecule has 0 aromatic heterocycles. The molecule has 1 rings (SSSR count). The molecule has 0 radical (unpaired) electrons. The van der Waals surface area contributed by atoms with Crippen LogP contribution in [0, 0.1) is 11.3 Å². The second-order valence-electron chi connectivity index (χ2n) is 4.56. The predicted octanol–water partition coefficient (Wildman–Crippen LogP) is 2.92. The lowest BCUT2D eigenvalue weighted by molar-refractivity contribution is -0.145. The molecule has 0 fully saturated rings. The smallest absolute Gasteiger partial charge is 0.320 e. The Hall–Kier alpha value is -1.86. The Balaban J connectivity index is 2.88. The number of carbonyl (C=O) groups is 1. The molecular weight excluding hydrogens is 252 g/mol. The zero-order valence-electron chi connectivity index (χ0n) is 12.2. The molecule has 4 heteroatoms. The summed E-state index contributed by atoms with van der Waals surface area (Å²) >= 11 is 0. The molecule has 0 amide bonds. The Morgan fingerprint density at radius 1 is 1.35 bits per heavy atom. The standard InChI is InChI=1S/C16H22N2O2/c1-3-12-18(13-16(19)20-4-2)15(10-11-17)14-8-6-5-7-9-14/h5-9,15H,3-4,10,12-13H2,1-2H3. The van der Waals surface area contributed by atoms with Crippen LogP contribution in [0.15, 0.2) is 30.3 Å². The van der Waals surface area contributed by atoms with E-state index in [2.05, 4.69) is 13.0 Å². The van der Waals surface area contributed by atoms with Crippen LogP contribution in [0.25, 0.3) is 0 Å². The van der Waals surface area contributed by atoms with Gasteiger partial charge in [-0.2, -0.15) is 5.26 Å². The number of hydrogen-bond donors (Lipinski definition) is 0. The number of ether oxygens (including phenoxy) is 1. The normalized spacial score (nSPS) is 11.9. The van der Waals surface area contributed by atoms with Gasteiger partial charge >= 0.3 is 5.97 Å². The molecule has 0 saturated heterocycles. The zero-order chi connectivity index (χ0) is 14.8. The molecule has 1 unspecified atom stereocenters. The van der Waals surface area contributed by atoms with Crippen LogP contribution < -0.4 is 0 Å². The van der Waals surface area contributed by atoms with Gasteiger partial charge in [-0.25, -0.2) is 0 Å². The fourth-order valence-electron chi connectivity index (χ4n) is 2.22. The quantitative estimate of drug-likeness (QED) is 0.684. The molecule has 1 aromatic carbocycles. The van der Waals surface area contributed by atoms with Crippen molar-refractivity contribution >= 4 is 5.97 Å². The predicted molar refractivity (Wildman–Crippen MR) is 77.9 cm³/mol. The number of esters is 1. The molecule has 0 heterocycles. The van der Waals surface area contributed by atoms with Crippen molar-refractivity contribution in [1.29, 1.82) is 5.26 Å². The van der Waals surface area contributed by atoms with Gasteiger partial charge in [0.2, 0.25) is 0 Å². The lowest BCUT2D eigenvalue weighted by Crippen LogP contribution is -2.35. The molecule has 20 heavy (non-hydrogen) atoms. The molecule has 0 bridgehead atoms. The second kappa shape index (κ2) is 9.11. The first kappa shape index (κ1) is 16.2. The molecule has 0 aliphatic heterocycles. The van der Waals surface area contributed by atoms with Gasteiger partial charge in [-0.3, -0.25) is 9.69 Å². The van der Waals surface area contributed by atoms with Crippen LogP contribution >= 0.6 is 0 Å². The lowest BCUT2D eigenvalue weighted by atomic mass is 10.0. The van der Waals surface area contributed by atoms with E-state index in [1.165, 1.54) is 0 Å². The average Bonchev–Trinajstić information content (AvgIpc) is 2.45. The summed E-state index contributed by atoms with van der Waals surface area (Å²) in [5, 5.41) is 9.06. The largest absolute Gasteiger partial charge is 0.465 e. The molecule has 0 aliphatic carbocycles. The van der Waals surface area contributed by atoms with Crippen molar-refractivity contribution in [2.45, 2.75) is 32.7 Å². The molecule has 0 N–H and O–H groups in total. The summed E-state index contributed by atoms with van der Waals surface area (Å²) in [4.78, 5) is 13.7. The van der Waals surface area contributed by atoms with Crippen molar-refractivity contribution in [1.82, 2.24) is 4.90 Å². The van der Waals surface area contributed by atoms with Gasteiger partial charge in [0.1, 0.15) is 0 Å². The molecule has 0 aliphatic rings. The molecule has 4 nitrogen and oxygen atoms in total. The van der Waals surface area contributed by atoms with Gasteiger partial charge in [0.05, 0.1) is 25.6 Å². The van der Waals surface area contributed by atoms with Crippen molar-refractivity contribution in [2.75, 3.05) is 19.7 Å². The minimum atomic E-state index is -0.236. The Bertz CT molecular complexity index is 440. The van der Waals surface area contributed by atoms with Crippen LogP contribution in [0.1, 0.15) is 38.3 Å². The highest BCUT2D eigenvalue weighted by Gasteiger charge is 2.22. The topological polar surface area (TPSA) is 53.3 Å². The van der Waals surface area contributed by atoms with E-state index in [-0.39, 0.29) is 18.6 Å². The van der Waals surface area contributed by atoms with E-state index in [0.29, 0.717) is 13.0 Å². The summed E-state index contributed by atoms with van der Waals surface area (Å²) in [5.41, 5.74) is 1.06. The number of benzene rings is 1. The van der Waals surface area contributed by atoms with Crippen LogP contribution in [-0.2, 0) is 9.53 Å². The summed E-state index contributed by atoms with van der Waals surface area (Å²) in [6.07, 6.45) is 1.29. The maximum atomic E-state index is 11.7. The number of rotatable bonds is 8. The van der Waals surface area contributed by atoms with Crippen LogP contribution in [0.2, 0.25) is 0 Å². The van der Waals surface area contributed by atoms with E-state index in [0.717, 1.165) is 18.5 Å². The summed E-state index contributed by atoms with van der Waals surface area (Å²) < 4.78 is 5.02. The molecule has 0 saturated carbocycles. The summed E-state index contributed by atoms with van der Waals surface area (Å²) in [6.45, 7) is 5.23. The maximum absolute atomic E-state index is 11.7. The first-order chi connectivity index (χ1) is 9.72. The van der Waals surface area contributed by atoms with Crippen LogP contribution in [0.5, 0.6) is 0 Å². The van der Waals surface area contributed by atoms with Gasteiger partial charge in [-0.15, -0.1) is 0 Å². The van der Waals surface area contributed by atoms with Gasteiger partial charge < -0.3 is 4.74 Å². The maximum Gasteiger partial charge on any atom is 0.320 e. The van der Waals surface area contributed by atoms with Gasteiger partial charge in [0, 0.05) is 6.04 Å². The lowest BCUT2D eigenvalue weighted by Gasteiger charge is -2.29. The minimum Gasteiger partial charge on any atom is -0.465 e. The monoisotopic (exact) mass is 274 g/mol. The van der Waals surface area contributed by atoms with Crippen LogP contribution in [0.4, 0.5) is 0 Å². The highest BCUT2D eigenvalue weighted by molar-refractivity contribution is 5.71. The first-order valence-electron chi connectivity index (χ1n) is 7.04. The highest BCUT2D eigenvalue weighted by atomic mass is 16.5. The third-order valence-corrected chi connectivity index (χ3v) is 3.06. The molecular formula is C16H22N2O2. The SMILES string of the molecule is CCCN(CC(=O)OCC)C(CC#N)c1ccccc1. The third-order valence-electron chi connectivity index (χ3n) is 3.06.